The van der Waals surface area contributed by atoms with Crippen molar-refractivity contribution in [3.05, 3.63) is 0 Å². The predicted octanol–water partition coefficient (Wildman–Crippen LogP) is 4.37. The van der Waals surface area contributed by atoms with Crippen molar-refractivity contribution < 1.29 is 14.3 Å². The molecule has 0 N–H and O–H groups in total. The fourth-order valence-electron chi connectivity index (χ4n) is 2.33. The molecule has 0 amide bonds. The Hall–Kier alpha value is 0.0231. The maximum absolute atomic E-state index is 11.5. The Balaban J connectivity index is 0. The Kier molecular flexibility index (Phi) is 21.0. The standard InChI is InChI=1S/C18H34O3.Bi.3H/c1-3-5-7-9-10-12-14-16-18(20)21-17(19)15-13-11-8-6-4-2;;;;/h3-16H2,1-2H3;;;;. The van der Waals surface area contributed by atoms with E-state index in [1.54, 1.807) is 0 Å². The van der Waals surface area contributed by atoms with Gasteiger partial charge in [0.1, 0.15) is 0 Å². The van der Waals surface area contributed by atoms with Crippen molar-refractivity contribution >= 4 is 38.1 Å². The second kappa shape index (κ2) is 19.1. The molecule has 0 aliphatic rings. The van der Waals surface area contributed by atoms with Gasteiger partial charge in [0.05, 0.1) is 0 Å². The van der Waals surface area contributed by atoms with Crippen molar-refractivity contribution in [1.82, 2.24) is 0 Å². The molecule has 0 saturated carbocycles. The van der Waals surface area contributed by atoms with Crippen molar-refractivity contribution in [2.24, 2.45) is 0 Å². The average Bonchev–Trinajstić information content (AvgIpc) is 2.46. The third-order valence-electron chi connectivity index (χ3n) is 3.70. The van der Waals surface area contributed by atoms with Crippen molar-refractivity contribution in [3.63, 3.8) is 0 Å². The predicted molar refractivity (Wildman–Crippen MR) is 97.0 cm³/mol. The molecule has 0 unspecified atom stereocenters. The van der Waals surface area contributed by atoms with Gasteiger partial charge in [-0.05, 0) is 12.8 Å². The number of hydrogen-bond donors (Lipinski definition) is 0. The van der Waals surface area contributed by atoms with E-state index in [0.717, 1.165) is 32.1 Å². The van der Waals surface area contributed by atoms with Crippen LogP contribution in [0.4, 0.5) is 0 Å². The third kappa shape index (κ3) is 18.1. The zero-order valence-electron chi connectivity index (χ0n) is 14.8. The molecule has 132 valence electrons. The summed E-state index contributed by atoms with van der Waals surface area (Å²) >= 11 is 0. The molecule has 0 aliphatic heterocycles. The van der Waals surface area contributed by atoms with Crippen LogP contribution in [0.2, 0.25) is 0 Å². The summed E-state index contributed by atoms with van der Waals surface area (Å²) in [6.45, 7) is 4.37. The number of carbonyl (C=O) groups is 2. The maximum atomic E-state index is 11.5. The number of carbonyl (C=O) groups excluding carboxylic acids is 2. The molecule has 0 aliphatic carbocycles. The molecule has 0 aromatic heterocycles. The fourth-order valence-corrected chi connectivity index (χ4v) is 2.33. The molecule has 0 aromatic rings. The Morgan fingerprint density at radius 1 is 0.591 bits per heavy atom. The Labute approximate surface area is 156 Å². The number of ether oxygens (including phenoxy) is 1. The first-order chi connectivity index (χ1) is 10.2. The van der Waals surface area contributed by atoms with E-state index in [-0.39, 0.29) is 38.1 Å². The number of esters is 2. The van der Waals surface area contributed by atoms with Gasteiger partial charge in [-0.15, -0.1) is 0 Å². The van der Waals surface area contributed by atoms with Crippen LogP contribution in [0.3, 0.4) is 0 Å². The Morgan fingerprint density at radius 3 is 1.27 bits per heavy atom. The molecule has 0 saturated heterocycles. The summed E-state index contributed by atoms with van der Waals surface area (Å²) < 4.78 is 4.82. The normalized spacial score (nSPS) is 10.1. The van der Waals surface area contributed by atoms with E-state index in [1.165, 1.54) is 44.9 Å². The SMILES string of the molecule is CCCCCCCCCC(=O)OC(=O)CCCCCCC.[BiH3]. The van der Waals surface area contributed by atoms with Gasteiger partial charge in [0, 0.05) is 12.8 Å². The van der Waals surface area contributed by atoms with E-state index in [9.17, 15) is 9.59 Å². The van der Waals surface area contributed by atoms with E-state index < -0.39 is 0 Å². The quantitative estimate of drug-likeness (QED) is 0.151. The summed E-state index contributed by atoms with van der Waals surface area (Å²) in [7, 11) is 0. The minimum atomic E-state index is -0.348. The van der Waals surface area contributed by atoms with Crippen molar-refractivity contribution in [3.8, 4) is 0 Å². The van der Waals surface area contributed by atoms with Gasteiger partial charge in [-0.25, -0.2) is 0 Å². The number of unbranched alkanes of at least 4 members (excludes halogenated alkanes) is 10. The van der Waals surface area contributed by atoms with Gasteiger partial charge in [-0.1, -0.05) is 78.1 Å². The summed E-state index contributed by atoms with van der Waals surface area (Å²) in [6, 6.07) is 0. The second-order valence-electron chi connectivity index (χ2n) is 5.88. The number of hydrogen-bond acceptors (Lipinski definition) is 3. The Morgan fingerprint density at radius 2 is 0.909 bits per heavy atom. The molecule has 0 rings (SSSR count). The molecule has 0 bridgehead atoms. The molecule has 0 heterocycles. The molecule has 0 spiro atoms. The molecule has 0 aromatic carbocycles. The molecular formula is C18H37BiO3. The average molecular weight is 510 g/mol. The van der Waals surface area contributed by atoms with Crippen molar-refractivity contribution in [2.75, 3.05) is 0 Å². The number of rotatable bonds is 14. The van der Waals surface area contributed by atoms with Crippen LogP contribution in [0.5, 0.6) is 0 Å². The van der Waals surface area contributed by atoms with Crippen LogP contribution < -0.4 is 0 Å². The minimum absolute atomic E-state index is 0. The van der Waals surface area contributed by atoms with E-state index in [4.69, 9.17) is 4.74 Å². The van der Waals surface area contributed by atoms with Gasteiger partial charge in [-0.3, -0.25) is 9.59 Å². The first kappa shape index (κ1) is 24.3. The van der Waals surface area contributed by atoms with Gasteiger partial charge >= 0.3 is 38.1 Å². The van der Waals surface area contributed by atoms with Gasteiger partial charge in [0.2, 0.25) is 0 Å². The van der Waals surface area contributed by atoms with E-state index in [2.05, 4.69) is 13.8 Å². The molecule has 0 fully saturated rings. The first-order valence-electron chi connectivity index (χ1n) is 8.94. The van der Waals surface area contributed by atoms with Crippen molar-refractivity contribution in [2.45, 2.75) is 104 Å². The van der Waals surface area contributed by atoms with Gasteiger partial charge in [0.25, 0.3) is 0 Å². The van der Waals surface area contributed by atoms with Gasteiger partial charge in [0.15, 0.2) is 0 Å². The summed E-state index contributed by atoms with van der Waals surface area (Å²) in [6.07, 6.45) is 14.4. The molecule has 0 atom stereocenters. The zero-order valence-corrected chi connectivity index (χ0v) is 20.3. The molecule has 0 radical (unpaired) electrons. The summed E-state index contributed by atoms with van der Waals surface area (Å²) in [5.41, 5.74) is 0. The van der Waals surface area contributed by atoms with Crippen LogP contribution in [0, 0.1) is 0 Å². The second-order valence-corrected chi connectivity index (χ2v) is 5.88. The van der Waals surface area contributed by atoms with Crippen LogP contribution in [0.15, 0.2) is 0 Å². The van der Waals surface area contributed by atoms with E-state index in [1.807, 2.05) is 0 Å². The Bertz CT molecular complexity index is 267. The summed E-state index contributed by atoms with van der Waals surface area (Å²) in [5.74, 6) is -0.693. The van der Waals surface area contributed by atoms with Crippen LogP contribution in [0.1, 0.15) is 104 Å². The van der Waals surface area contributed by atoms with Crippen LogP contribution >= 0.6 is 0 Å². The van der Waals surface area contributed by atoms with E-state index >= 15 is 0 Å². The molecule has 22 heavy (non-hydrogen) atoms. The van der Waals surface area contributed by atoms with Crippen LogP contribution in [-0.2, 0) is 14.3 Å². The fraction of sp³-hybridized carbons (Fsp3) is 0.889. The summed E-state index contributed by atoms with van der Waals surface area (Å²) in [5, 5.41) is 0. The zero-order chi connectivity index (χ0) is 15.8. The van der Waals surface area contributed by atoms with Crippen LogP contribution in [-0.4, -0.2) is 38.1 Å². The van der Waals surface area contributed by atoms with Gasteiger partial charge in [-0.2, -0.15) is 0 Å². The van der Waals surface area contributed by atoms with Crippen LogP contribution in [0.25, 0.3) is 0 Å². The molecule has 4 heteroatoms. The topological polar surface area (TPSA) is 43.4 Å². The van der Waals surface area contributed by atoms with Crippen molar-refractivity contribution in [1.29, 1.82) is 0 Å². The van der Waals surface area contributed by atoms with E-state index in [0.29, 0.717) is 12.8 Å². The first-order valence-corrected chi connectivity index (χ1v) is 8.94. The third-order valence-corrected chi connectivity index (χ3v) is 3.70. The monoisotopic (exact) mass is 510 g/mol. The summed E-state index contributed by atoms with van der Waals surface area (Å²) in [4.78, 5) is 22.9. The van der Waals surface area contributed by atoms with Gasteiger partial charge < -0.3 is 4.74 Å². The molecular weight excluding hydrogens is 473 g/mol. The molecule has 3 nitrogen and oxygen atoms in total.